The van der Waals surface area contributed by atoms with Gasteiger partial charge in [-0.05, 0) is 76.0 Å². The van der Waals surface area contributed by atoms with Gasteiger partial charge in [-0.2, -0.15) is 0 Å². The molecule has 1 fully saturated rings. The zero-order chi connectivity index (χ0) is 24.6. The zero-order valence-electron chi connectivity index (χ0n) is 21.7. The highest BCUT2D eigenvalue weighted by Gasteiger charge is 2.27. The van der Waals surface area contributed by atoms with Crippen LogP contribution in [-0.4, -0.2) is 60.1 Å². The Kier molecular flexibility index (Phi) is 8.80. The number of hydrogen-bond acceptors (Lipinski definition) is 4. The van der Waals surface area contributed by atoms with Gasteiger partial charge in [-0.1, -0.05) is 49.7 Å². The van der Waals surface area contributed by atoms with E-state index in [1.807, 2.05) is 0 Å². The summed E-state index contributed by atoms with van der Waals surface area (Å²) < 4.78 is 2.34. The van der Waals surface area contributed by atoms with Crippen LogP contribution in [0.5, 0.6) is 0 Å². The van der Waals surface area contributed by atoms with Crippen LogP contribution in [-0.2, 0) is 11.3 Å². The molecule has 1 N–H and O–H groups in total. The van der Waals surface area contributed by atoms with Gasteiger partial charge in [-0.3, -0.25) is 4.79 Å². The molecule has 2 heterocycles. The van der Waals surface area contributed by atoms with Gasteiger partial charge >= 0.3 is 0 Å². The number of carbonyl (C=O) groups is 1. The monoisotopic (exact) mass is 475 g/mol. The topological polar surface area (TPSA) is 53.4 Å². The lowest BCUT2D eigenvalue weighted by Crippen LogP contribution is -2.42. The van der Waals surface area contributed by atoms with Crippen molar-refractivity contribution in [3.8, 4) is 0 Å². The number of nitrogens with zero attached hydrogens (tertiary/aromatic N) is 4. The van der Waals surface area contributed by atoms with E-state index < -0.39 is 0 Å². The number of amides is 1. The molecule has 4 rings (SSSR count). The Morgan fingerprint density at radius 3 is 2.54 bits per heavy atom. The Morgan fingerprint density at radius 1 is 1.06 bits per heavy atom. The predicted octanol–water partition coefficient (Wildman–Crippen LogP) is 4.85. The van der Waals surface area contributed by atoms with Crippen LogP contribution in [0.15, 0.2) is 48.5 Å². The summed E-state index contributed by atoms with van der Waals surface area (Å²) in [6.07, 6.45) is 5.21. The summed E-state index contributed by atoms with van der Waals surface area (Å²) in [6, 6.07) is 16.9. The molecule has 6 heteroatoms. The summed E-state index contributed by atoms with van der Waals surface area (Å²) in [5, 5.41) is 3.19. The molecule has 1 saturated heterocycles. The number of benzene rings is 2. The maximum Gasteiger partial charge on any atom is 0.223 e. The second-order valence-corrected chi connectivity index (χ2v) is 9.98. The summed E-state index contributed by atoms with van der Waals surface area (Å²) in [5.74, 6) is 1.33. The highest BCUT2D eigenvalue weighted by molar-refractivity contribution is 5.80. The van der Waals surface area contributed by atoms with Gasteiger partial charge < -0.3 is 19.7 Å². The van der Waals surface area contributed by atoms with Gasteiger partial charge in [-0.15, -0.1) is 0 Å². The molecule has 188 valence electrons. The molecular weight excluding hydrogens is 434 g/mol. The molecular formula is C29H41N5O. The van der Waals surface area contributed by atoms with Gasteiger partial charge in [0.05, 0.1) is 17.6 Å². The lowest BCUT2D eigenvalue weighted by molar-refractivity contribution is -0.125. The van der Waals surface area contributed by atoms with E-state index in [2.05, 4.69) is 89.1 Å². The fraction of sp³-hybridized carbons (Fsp3) is 0.517. The Labute approximate surface area is 210 Å². The average molecular weight is 476 g/mol. The average Bonchev–Trinajstić information content (AvgIpc) is 3.25. The van der Waals surface area contributed by atoms with Gasteiger partial charge in [0.2, 0.25) is 11.9 Å². The molecule has 0 unspecified atom stereocenters. The molecule has 1 aliphatic heterocycles. The number of piperidine rings is 1. The summed E-state index contributed by atoms with van der Waals surface area (Å²) >= 11 is 0. The Hall–Kier alpha value is -2.86. The summed E-state index contributed by atoms with van der Waals surface area (Å²) in [6.45, 7) is 9.84. The number of imidazole rings is 1. The Morgan fingerprint density at radius 2 is 1.77 bits per heavy atom. The molecule has 0 bridgehead atoms. The molecule has 1 aliphatic rings. The first-order chi connectivity index (χ1) is 17.1. The fourth-order valence-electron chi connectivity index (χ4n) is 5.00. The van der Waals surface area contributed by atoms with Crippen molar-refractivity contribution in [2.24, 2.45) is 5.92 Å². The maximum absolute atomic E-state index is 12.8. The highest BCUT2D eigenvalue weighted by Crippen LogP contribution is 2.28. The minimum Gasteiger partial charge on any atom is -0.356 e. The van der Waals surface area contributed by atoms with Gasteiger partial charge in [0.15, 0.2) is 0 Å². The van der Waals surface area contributed by atoms with Crippen molar-refractivity contribution in [3.63, 3.8) is 0 Å². The van der Waals surface area contributed by atoms with Crippen LogP contribution in [0, 0.1) is 12.8 Å². The quantitative estimate of drug-likeness (QED) is 0.403. The standard InChI is InChI=1S/C29H41N5O/c1-4-5-18-32(3)19-10-17-30-28(35)24-15-20-33(21-16-24)29-31-26-13-8-9-14-27(26)34(29)22-25-12-7-6-11-23(25)2/h6-9,11-14,24H,4-5,10,15-22H2,1-3H3,(H,30,35). The molecule has 0 aliphatic carbocycles. The van der Waals surface area contributed by atoms with E-state index in [-0.39, 0.29) is 11.8 Å². The van der Waals surface area contributed by atoms with Crippen molar-refractivity contribution in [3.05, 3.63) is 59.7 Å². The van der Waals surface area contributed by atoms with E-state index in [1.165, 1.54) is 24.0 Å². The van der Waals surface area contributed by atoms with Crippen LogP contribution in [0.2, 0.25) is 0 Å². The highest BCUT2D eigenvalue weighted by atomic mass is 16.1. The second kappa shape index (κ2) is 12.2. The van der Waals surface area contributed by atoms with Crippen LogP contribution in [0.4, 0.5) is 5.95 Å². The van der Waals surface area contributed by atoms with Crippen molar-refractivity contribution in [2.45, 2.75) is 52.5 Å². The number of rotatable bonds is 11. The van der Waals surface area contributed by atoms with Crippen molar-refractivity contribution < 1.29 is 4.79 Å². The van der Waals surface area contributed by atoms with Crippen LogP contribution < -0.4 is 10.2 Å². The third-order valence-corrected chi connectivity index (χ3v) is 7.28. The molecule has 0 saturated carbocycles. The lowest BCUT2D eigenvalue weighted by Gasteiger charge is -2.32. The van der Waals surface area contributed by atoms with Crippen LogP contribution in [0.1, 0.15) is 50.2 Å². The van der Waals surface area contributed by atoms with E-state index in [4.69, 9.17) is 4.98 Å². The Bertz CT molecular complexity index is 1100. The summed E-state index contributed by atoms with van der Waals surface area (Å²) in [7, 11) is 2.17. The smallest absolute Gasteiger partial charge is 0.223 e. The molecule has 2 aromatic carbocycles. The van der Waals surface area contributed by atoms with Crippen molar-refractivity contribution in [1.82, 2.24) is 19.8 Å². The number of aryl methyl sites for hydroxylation is 1. The number of hydrogen-bond donors (Lipinski definition) is 1. The number of fused-ring (bicyclic) bond motifs is 1. The number of anilines is 1. The summed E-state index contributed by atoms with van der Waals surface area (Å²) in [4.78, 5) is 22.5. The maximum atomic E-state index is 12.8. The zero-order valence-corrected chi connectivity index (χ0v) is 21.7. The number of unbranched alkanes of at least 4 members (excludes halogenated alkanes) is 1. The van der Waals surface area contributed by atoms with Crippen LogP contribution in [0.25, 0.3) is 11.0 Å². The van der Waals surface area contributed by atoms with Gasteiger partial charge in [0, 0.05) is 25.6 Å². The molecule has 0 atom stereocenters. The van der Waals surface area contributed by atoms with E-state index in [1.54, 1.807) is 0 Å². The number of nitrogens with one attached hydrogen (secondary N) is 1. The second-order valence-electron chi connectivity index (χ2n) is 9.98. The minimum atomic E-state index is 0.0956. The summed E-state index contributed by atoms with van der Waals surface area (Å²) in [5.41, 5.74) is 4.80. The van der Waals surface area contributed by atoms with Gasteiger partial charge in [0.1, 0.15) is 0 Å². The van der Waals surface area contributed by atoms with Crippen LogP contribution >= 0.6 is 0 Å². The fourth-order valence-corrected chi connectivity index (χ4v) is 5.00. The molecule has 3 aromatic rings. The first-order valence-corrected chi connectivity index (χ1v) is 13.3. The molecule has 35 heavy (non-hydrogen) atoms. The number of carbonyl (C=O) groups excluding carboxylic acids is 1. The molecule has 0 radical (unpaired) electrons. The van der Waals surface area contributed by atoms with Gasteiger partial charge in [-0.25, -0.2) is 4.98 Å². The van der Waals surface area contributed by atoms with Crippen molar-refractivity contribution in [1.29, 1.82) is 0 Å². The third kappa shape index (κ3) is 6.43. The van der Waals surface area contributed by atoms with Crippen molar-refractivity contribution in [2.75, 3.05) is 44.7 Å². The van der Waals surface area contributed by atoms with E-state index >= 15 is 0 Å². The predicted molar refractivity (Wildman–Crippen MR) is 145 cm³/mol. The van der Waals surface area contributed by atoms with E-state index in [0.29, 0.717) is 0 Å². The molecule has 1 amide bonds. The molecule has 6 nitrogen and oxygen atoms in total. The normalized spacial score (nSPS) is 14.7. The number of para-hydroxylation sites is 2. The van der Waals surface area contributed by atoms with Crippen molar-refractivity contribution >= 4 is 22.9 Å². The first kappa shape index (κ1) is 25.2. The van der Waals surface area contributed by atoms with E-state index in [0.717, 1.165) is 75.5 Å². The minimum absolute atomic E-state index is 0.0956. The number of aromatic nitrogens is 2. The largest absolute Gasteiger partial charge is 0.356 e. The molecule has 1 aromatic heterocycles. The molecule has 0 spiro atoms. The first-order valence-electron chi connectivity index (χ1n) is 13.3. The third-order valence-electron chi connectivity index (χ3n) is 7.28. The Balaban J connectivity index is 1.35. The SMILES string of the molecule is CCCCN(C)CCCNC(=O)C1CCN(c2nc3ccccc3n2Cc2ccccc2C)CC1. The lowest BCUT2D eigenvalue weighted by atomic mass is 9.96. The van der Waals surface area contributed by atoms with Gasteiger partial charge in [0.25, 0.3) is 0 Å². The van der Waals surface area contributed by atoms with E-state index in [9.17, 15) is 4.79 Å². The van der Waals surface area contributed by atoms with Crippen LogP contribution in [0.3, 0.4) is 0 Å².